The number of nitrogens with one attached hydrogen (secondary N) is 2. The van der Waals surface area contributed by atoms with E-state index in [0.29, 0.717) is 11.4 Å². The lowest BCUT2D eigenvalue weighted by Crippen LogP contribution is -2.24. The molecular formula is C17H14N4O6. The smallest absolute Gasteiger partial charge is 0.407 e. The Labute approximate surface area is 151 Å². The van der Waals surface area contributed by atoms with Gasteiger partial charge in [-0.15, -0.1) is 0 Å². The number of nitro benzene ring substituents is 1. The Kier molecular flexibility index (Phi) is 4.71. The number of nitrogens with zero attached hydrogens (tertiary/aromatic N) is 2. The van der Waals surface area contributed by atoms with Crippen molar-refractivity contribution in [2.45, 2.75) is 13.5 Å². The zero-order chi connectivity index (χ0) is 19.6. The second kappa shape index (κ2) is 7.12. The highest BCUT2D eigenvalue weighted by Crippen LogP contribution is 2.20. The molecule has 0 aliphatic rings. The number of oxazole rings is 1. The summed E-state index contributed by atoms with van der Waals surface area (Å²) < 4.78 is 6.05. The third-order valence-corrected chi connectivity index (χ3v) is 3.63. The molecule has 10 heteroatoms. The van der Waals surface area contributed by atoms with E-state index < -0.39 is 16.6 Å². The molecule has 3 aromatic rings. The van der Waals surface area contributed by atoms with E-state index in [1.165, 1.54) is 19.1 Å². The summed E-state index contributed by atoms with van der Waals surface area (Å²) >= 11 is 0. The van der Waals surface area contributed by atoms with Crippen molar-refractivity contribution in [1.29, 1.82) is 0 Å². The van der Waals surface area contributed by atoms with Crippen LogP contribution in [0.1, 0.15) is 6.92 Å². The number of benzene rings is 2. The molecule has 0 bridgehead atoms. The first kappa shape index (κ1) is 17.9. The zero-order valence-corrected chi connectivity index (χ0v) is 14.1. The first-order valence-electron chi connectivity index (χ1n) is 7.79. The number of rotatable bonds is 5. The Morgan fingerprint density at radius 2 is 1.85 bits per heavy atom. The number of fused-ring (bicyclic) bond motifs is 1. The van der Waals surface area contributed by atoms with Crippen LogP contribution in [0.25, 0.3) is 11.1 Å². The summed E-state index contributed by atoms with van der Waals surface area (Å²) in [6.45, 7) is 1.03. The molecule has 27 heavy (non-hydrogen) atoms. The largest absolute Gasteiger partial charge is 0.420 e. The van der Waals surface area contributed by atoms with E-state index in [2.05, 4.69) is 10.6 Å². The highest BCUT2D eigenvalue weighted by atomic mass is 16.6. The van der Waals surface area contributed by atoms with Crippen LogP contribution in [-0.2, 0) is 16.1 Å². The molecular weight excluding hydrogens is 356 g/mol. The fourth-order valence-electron chi connectivity index (χ4n) is 2.54. The van der Waals surface area contributed by atoms with Crippen molar-refractivity contribution >= 4 is 40.0 Å². The second-order valence-electron chi connectivity index (χ2n) is 5.67. The highest BCUT2D eigenvalue weighted by Gasteiger charge is 2.16. The fraction of sp³-hybridized carbons (Fsp3) is 0.118. The summed E-state index contributed by atoms with van der Waals surface area (Å²) in [7, 11) is 0. The minimum absolute atomic E-state index is 0.0228. The molecule has 0 aliphatic heterocycles. The van der Waals surface area contributed by atoms with Crippen LogP contribution in [0.15, 0.2) is 51.7 Å². The van der Waals surface area contributed by atoms with Crippen molar-refractivity contribution in [3.63, 3.8) is 0 Å². The van der Waals surface area contributed by atoms with Gasteiger partial charge in [0.15, 0.2) is 5.58 Å². The molecule has 3 rings (SSSR count). The van der Waals surface area contributed by atoms with Crippen molar-refractivity contribution in [1.82, 2.24) is 4.57 Å². The number of anilines is 2. The van der Waals surface area contributed by atoms with Gasteiger partial charge in [0.1, 0.15) is 6.54 Å². The predicted octanol–water partition coefficient (Wildman–Crippen LogP) is 2.10. The number of amides is 2. The van der Waals surface area contributed by atoms with E-state index in [0.717, 1.165) is 10.6 Å². The lowest BCUT2D eigenvalue weighted by molar-refractivity contribution is -0.384. The number of carbonyl (C=O) groups is 2. The monoisotopic (exact) mass is 370 g/mol. The maximum atomic E-state index is 12.3. The van der Waals surface area contributed by atoms with Gasteiger partial charge in [-0.1, -0.05) is 6.07 Å². The molecule has 0 saturated carbocycles. The zero-order valence-electron chi connectivity index (χ0n) is 14.1. The topological polar surface area (TPSA) is 136 Å². The van der Waals surface area contributed by atoms with Gasteiger partial charge in [-0.05, 0) is 24.3 Å². The predicted molar refractivity (Wildman–Crippen MR) is 96.5 cm³/mol. The third-order valence-electron chi connectivity index (χ3n) is 3.63. The van der Waals surface area contributed by atoms with Gasteiger partial charge >= 0.3 is 5.76 Å². The van der Waals surface area contributed by atoms with Gasteiger partial charge in [0.2, 0.25) is 11.8 Å². The average molecular weight is 370 g/mol. The molecule has 0 spiro atoms. The number of hydrogen-bond donors (Lipinski definition) is 2. The van der Waals surface area contributed by atoms with Crippen LogP contribution in [0.5, 0.6) is 0 Å². The van der Waals surface area contributed by atoms with E-state index in [-0.39, 0.29) is 29.2 Å². The van der Waals surface area contributed by atoms with Crippen LogP contribution in [-0.4, -0.2) is 21.3 Å². The van der Waals surface area contributed by atoms with Gasteiger partial charge in [-0.3, -0.25) is 24.3 Å². The average Bonchev–Trinajstić information content (AvgIpc) is 2.89. The highest BCUT2D eigenvalue weighted by molar-refractivity contribution is 5.93. The summed E-state index contributed by atoms with van der Waals surface area (Å²) in [5.74, 6) is -1.55. The van der Waals surface area contributed by atoms with Crippen molar-refractivity contribution in [3.05, 3.63) is 63.1 Å². The lowest BCUT2D eigenvalue weighted by Gasteiger charge is -2.08. The van der Waals surface area contributed by atoms with Gasteiger partial charge in [0.05, 0.1) is 16.5 Å². The molecule has 2 aromatic carbocycles. The molecule has 0 radical (unpaired) electrons. The van der Waals surface area contributed by atoms with E-state index in [9.17, 15) is 24.5 Å². The first-order chi connectivity index (χ1) is 12.8. The molecule has 0 unspecified atom stereocenters. The quantitative estimate of drug-likeness (QED) is 0.521. The Hall–Kier alpha value is -3.95. The first-order valence-corrected chi connectivity index (χ1v) is 7.79. The number of hydrogen-bond acceptors (Lipinski definition) is 6. The summed E-state index contributed by atoms with van der Waals surface area (Å²) in [4.78, 5) is 45.6. The third kappa shape index (κ3) is 4.00. The van der Waals surface area contributed by atoms with Crippen LogP contribution < -0.4 is 16.4 Å². The Morgan fingerprint density at radius 1 is 1.15 bits per heavy atom. The van der Waals surface area contributed by atoms with Crippen LogP contribution in [0.4, 0.5) is 17.1 Å². The van der Waals surface area contributed by atoms with E-state index >= 15 is 0 Å². The molecule has 1 aromatic heterocycles. The second-order valence-corrected chi connectivity index (χ2v) is 5.67. The summed E-state index contributed by atoms with van der Waals surface area (Å²) in [5.41, 5.74) is 1.02. The minimum atomic E-state index is -0.798. The molecule has 10 nitrogen and oxygen atoms in total. The summed E-state index contributed by atoms with van der Waals surface area (Å²) in [5, 5.41) is 16.0. The fourth-order valence-corrected chi connectivity index (χ4v) is 2.54. The summed E-state index contributed by atoms with van der Waals surface area (Å²) in [6, 6.07) is 10.2. The van der Waals surface area contributed by atoms with Crippen molar-refractivity contribution < 1.29 is 18.9 Å². The molecule has 1 heterocycles. The van der Waals surface area contributed by atoms with E-state index in [1.807, 2.05) is 0 Å². The van der Waals surface area contributed by atoms with Crippen LogP contribution >= 0.6 is 0 Å². The SMILES string of the molecule is CC(=O)Nc1cccc(NC(=O)Cn2c(=O)oc3cc([N+](=O)[O-])ccc32)c1. The maximum Gasteiger partial charge on any atom is 0.420 e. The standard InChI is InChI=1S/C17H14N4O6/c1-10(22)18-11-3-2-4-12(7-11)19-16(23)9-20-14-6-5-13(21(25)26)8-15(14)27-17(20)24/h2-8H,9H2,1H3,(H,18,22)(H,19,23). The molecule has 0 atom stereocenters. The van der Waals surface area contributed by atoms with Gasteiger partial charge in [-0.2, -0.15) is 0 Å². The number of aromatic nitrogens is 1. The Morgan fingerprint density at radius 3 is 2.52 bits per heavy atom. The normalized spacial score (nSPS) is 10.6. The minimum Gasteiger partial charge on any atom is -0.407 e. The maximum absolute atomic E-state index is 12.3. The van der Waals surface area contributed by atoms with Crippen LogP contribution in [0.2, 0.25) is 0 Å². The van der Waals surface area contributed by atoms with E-state index in [1.54, 1.807) is 24.3 Å². The molecule has 138 valence electrons. The van der Waals surface area contributed by atoms with Crippen LogP contribution in [0, 0.1) is 10.1 Å². The Bertz CT molecular complexity index is 1110. The Balaban J connectivity index is 1.80. The lowest BCUT2D eigenvalue weighted by atomic mass is 10.2. The van der Waals surface area contributed by atoms with Gasteiger partial charge in [0.25, 0.3) is 5.69 Å². The van der Waals surface area contributed by atoms with Crippen LogP contribution in [0.3, 0.4) is 0 Å². The van der Waals surface area contributed by atoms with E-state index in [4.69, 9.17) is 4.42 Å². The van der Waals surface area contributed by atoms with Gasteiger partial charge in [0, 0.05) is 24.4 Å². The molecule has 0 aliphatic carbocycles. The summed E-state index contributed by atoms with van der Waals surface area (Å²) in [6.07, 6.45) is 0. The number of non-ortho nitro benzene ring substituents is 1. The van der Waals surface area contributed by atoms with Gasteiger partial charge in [-0.25, -0.2) is 4.79 Å². The van der Waals surface area contributed by atoms with Crippen molar-refractivity contribution in [2.24, 2.45) is 0 Å². The molecule has 2 amide bonds. The molecule has 0 fully saturated rings. The number of carbonyl (C=O) groups excluding carboxylic acids is 2. The molecule has 0 saturated heterocycles. The van der Waals surface area contributed by atoms with Gasteiger partial charge < -0.3 is 15.1 Å². The van der Waals surface area contributed by atoms with Crippen molar-refractivity contribution in [2.75, 3.05) is 10.6 Å². The molecule has 2 N–H and O–H groups in total. The number of nitro groups is 1. The van der Waals surface area contributed by atoms with Crippen molar-refractivity contribution in [3.8, 4) is 0 Å².